The van der Waals surface area contributed by atoms with E-state index in [1.54, 1.807) is 13.8 Å². The molecule has 0 radical (unpaired) electrons. The summed E-state index contributed by atoms with van der Waals surface area (Å²) in [4.78, 5) is 12.3. The Hall–Kier alpha value is -3.72. The lowest BCUT2D eigenvalue weighted by molar-refractivity contribution is -0.708. The van der Waals surface area contributed by atoms with Crippen LogP contribution < -0.4 is 22.5 Å². The van der Waals surface area contributed by atoms with Crippen LogP contribution in [0.15, 0.2) is 48.5 Å². The van der Waals surface area contributed by atoms with Gasteiger partial charge in [-0.3, -0.25) is 0 Å². The van der Waals surface area contributed by atoms with Crippen molar-refractivity contribution in [3.05, 3.63) is 87.7 Å². The van der Waals surface area contributed by atoms with Crippen molar-refractivity contribution in [1.29, 1.82) is 0 Å². The summed E-state index contributed by atoms with van der Waals surface area (Å²) >= 11 is 0. The van der Waals surface area contributed by atoms with Gasteiger partial charge in [-0.05, 0) is 72.9 Å². The van der Waals surface area contributed by atoms with Crippen LogP contribution in [0.2, 0.25) is 0 Å². The Bertz CT molecular complexity index is 1540. The number of nitrogens with two attached hydrogens (primary N) is 1. The zero-order valence-electron chi connectivity index (χ0n) is 26.1. The number of benzene rings is 3. The number of ether oxygens (including phenoxy) is 3. The van der Waals surface area contributed by atoms with Crippen LogP contribution in [0.5, 0.6) is 5.75 Å². The first-order valence-electron chi connectivity index (χ1n) is 14.2. The fraction of sp³-hybridized carbons (Fsp3) is 0.406. The molecule has 0 unspecified atom stereocenters. The summed E-state index contributed by atoms with van der Waals surface area (Å²) < 4.78 is 153. The van der Waals surface area contributed by atoms with Gasteiger partial charge in [0.2, 0.25) is 0 Å². The van der Waals surface area contributed by atoms with E-state index in [2.05, 4.69) is 0 Å². The van der Waals surface area contributed by atoms with Crippen molar-refractivity contribution >= 4 is 6.16 Å². The zero-order chi connectivity index (χ0) is 35.5. The first-order chi connectivity index (χ1) is 21.7. The number of hydrogen-bond donors (Lipinski definition) is 1. The Morgan fingerprint density at radius 3 is 1.83 bits per heavy atom. The van der Waals surface area contributed by atoms with E-state index in [1.807, 2.05) is 0 Å². The van der Waals surface area contributed by atoms with Crippen LogP contribution in [0.1, 0.15) is 73.1 Å². The molecule has 2 atom stereocenters. The molecule has 3 aromatic carbocycles. The van der Waals surface area contributed by atoms with Crippen LogP contribution in [0.4, 0.5) is 48.7 Å². The SMILES string of the molecule is CCOC(=O)O[C@H](c1cc(C(F)(F)F)cc(C(F)(F)F)c1)[C@H](C)[NH2+]Cc1cc(C(F)(F)F)ccc1-c1cc(C(C)C)c(F)cc1OC.[Cl-]. The second kappa shape index (κ2) is 15.7. The van der Waals surface area contributed by atoms with Crippen LogP contribution in [0.25, 0.3) is 11.1 Å². The molecule has 5 nitrogen and oxygen atoms in total. The number of hydrogen-bond acceptors (Lipinski definition) is 4. The molecule has 0 fully saturated rings. The lowest BCUT2D eigenvalue weighted by Crippen LogP contribution is -3.00. The van der Waals surface area contributed by atoms with Crippen molar-refractivity contribution in [3.8, 4) is 16.9 Å². The fourth-order valence-electron chi connectivity index (χ4n) is 4.91. The average molecular weight is 720 g/mol. The molecule has 3 aromatic rings. The minimum atomic E-state index is -5.20. The van der Waals surface area contributed by atoms with Gasteiger partial charge in [0.05, 0.1) is 30.4 Å². The molecule has 0 bridgehead atoms. The minimum absolute atomic E-state index is 0. The number of alkyl halides is 9. The average Bonchev–Trinajstić information content (AvgIpc) is 2.96. The molecule has 0 aromatic heterocycles. The smallest absolute Gasteiger partial charge is 0.509 e. The van der Waals surface area contributed by atoms with Crippen molar-refractivity contribution < 1.29 is 80.6 Å². The molecule has 2 N–H and O–H groups in total. The predicted molar refractivity (Wildman–Crippen MR) is 150 cm³/mol. The molecule has 266 valence electrons. The lowest BCUT2D eigenvalue weighted by Gasteiger charge is -2.25. The van der Waals surface area contributed by atoms with Crippen molar-refractivity contribution in [2.75, 3.05) is 13.7 Å². The topological polar surface area (TPSA) is 61.4 Å². The number of carbonyl (C=O) groups excluding carboxylic acids is 1. The van der Waals surface area contributed by atoms with E-state index in [0.29, 0.717) is 12.1 Å². The van der Waals surface area contributed by atoms with Crippen molar-refractivity contribution in [2.45, 2.75) is 70.8 Å². The van der Waals surface area contributed by atoms with Gasteiger partial charge in [0, 0.05) is 17.2 Å². The van der Waals surface area contributed by atoms with Crippen molar-refractivity contribution in [3.63, 3.8) is 0 Å². The second-order valence-electron chi connectivity index (χ2n) is 11.0. The van der Waals surface area contributed by atoms with Gasteiger partial charge in [-0.1, -0.05) is 19.9 Å². The first kappa shape index (κ1) is 40.5. The van der Waals surface area contributed by atoms with Gasteiger partial charge >= 0.3 is 24.7 Å². The van der Waals surface area contributed by atoms with E-state index in [9.17, 15) is 48.7 Å². The molecule has 0 saturated carbocycles. The van der Waals surface area contributed by atoms with E-state index in [1.165, 1.54) is 32.3 Å². The van der Waals surface area contributed by atoms with Gasteiger partial charge in [0.25, 0.3) is 0 Å². The molecule has 0 saturated heterocycles. The largest absolute Gasteiger partial charge is 1.00 e. The van der Waals surface area contributed by atoms with Crippen molar-refractivity contribution in [1.82, 2.24) is 0 Å². The quantitative estimate of drug-likeness (QED) is 0.205. The second-order valence-corrected chi connectivity index (χ2v) is 11.0. The molecule has 0 aliphatic rings. The number of methoxy groups -OCH3 is 1. The van der Waals surface area contributed by atoms with E-state index in [0.717, 1.165) is 24.3 Å². The monoisotopic (exact) mass is 719 g/mol. The molecule has 0 spiro atoms. The minimum Gasteiger partial charge on any atom is -1.00 e. The molecule has 0 aliphatic heterocycles. The van der Waals surface area contributed by atoms with Gasteiger partial charge in [0.1, 0.15) is 24.2 Å². The van der Waals surface area contributed by atoms with Crippen LogP contribution in [-0.2, 0) is 34.5 Å². The van der Waals surface area contributed by atoms with Gasteiger partial charge in [-0.2, -0.15) is 39.5 Å². The highest BCUT2D eigenvalue weighted by Gasteiger charge is 2.39. The number of halogens is 11. The van der Waals surface area contributed by atoms with Crippen molar-refractivity contribution in [2.24, 2.45) is 0 Å². The molecular formula is C32H32ClF10NO4. The van der Waals surface area contributed by atoms with Crippen LogP contribution in [0, 0.1) is 5.82 Å². The Labute approximate surface area is 276 Å². The van der Waals surface area contributed by atoms with Gasteiger partial charge in [-0.15, -0.1) is 0 Å². The maximum Gasteiger partial charge on any atom is 0.509 e. The standard InChI is InChI=1S/C32H31F10NO4.ClH/c1-6-46-29(44)47-28(18-9-21(31(37,38)39)12-22(10-18)32(40,41)42)17(4)43-15-19-11-20(30(34,35)36)7-8-23(19)25-13-24(16(2)3)26(33)14-27(25)45-5;/h7-14,16-17,28,43H,6,15H2,1-5H3;1H/t17-,28-;/m0./s1. The normalized spacial score (nSPS) is 13.5. The highest BCUT2D eigenvalue weighted by atomic mass is 35.5. The molecule has 0 heterocycles. The van der Waals surface area contributed by atoms with Gasteiger partial charge in [0.15, 0.2) is 6.10 Å². The van der Waals surface area contributed by atoms with Gasteiger partial charge in [-0.25, -0.2) is 9.18 Å². The maximum atomic E-state index is 14.7. The van der Waals surface area contributed by atoms with E-state index in [4.69, 9.17) is 14.2 Å². The Kier molecular flexibility index (Phi) is 13.2. The Morgan fingerprint density at radius 2 is 1.35 bits per heavy atom. The summed E-state index contributed by atoms with van der Waals surface area (Å²) in [7, 11) is 1.24. The molecule has 16 heteroatoms. The lowest BCUT2D eigenvalue weighted by atomic mass is 9.92. The van der Waals surface area contributed by atoms with Crippen LogP contribution in [-0.4, -0.2) is 25.9 Å². The molecule has 48 heavy (non-hydrogen) atoms. The zero-order valence-corrected chi connectivity index (χ0v) is 26.9. The number of rotatable bonds is 10. The molecule has 0 aliphatic carbocycles. The fourth-order valence-corrected chi connectivity index (χ4v) is 4.91. The summed E-state index contributed by atoms with van der Waals surface area (Å²) in [5.74, 6) is -0.917. The Morgan fingerprint density at radius 1 is 0.792 bits per heavy atom. The summed E-state index contributed by atoms with van der Waals surface area (Å²) in [5, 5.41) is 1.29. The highest BCUT2D eigenvalue weighted by Crippen LogP contribution is 2.40. The van der Waals surface area contributed by atoms with Crippen LogP contribution in [0.3, 0.4) is 0 Å². The van der Waals surface area contributed by atoms with E-state index >= 15 is 0 Å². The first-order valence-corrected chi connectivity index (χ1v) is 14.2. The van der Waals surface area contributed by atoms with E-state index < -0.39 is 64.9 Å². The molecule has 0 amide bonds. The third kappa shape index (κ3) is 9.91. The molecular weight excluding hydrogens is 688 g/mol. The third-order valence-electron chi connectivity index (χ3n) is 7.27. The third-order valence-corrected chi connectivity index (χ3v) is 7.27. The van der Waals surface area contributed by atoms with Gasteiger partial charge < -0.3 is 31.9 Å². The summed E-state index contributed by atoms with van der Waals surface area (Å²) in [6.45, 7) is 5.54. The summed E-state index contributed by atoms with van der Waals surface area (Å²) in [5.41, 5.74) is -4.33. The van der Waals surface area contributed by atoms with E-state index in [-0.39, 0.29) is 65.5 Å². The number of quaternary nitrogens is 1. The maximum absolute atomic E-state index is 14.7. The summed E-state index contributed by atoms with van der Waals surface area (Å²) in [6, 6.07) is 4.86. The predicted octanol–water partition coefficient (Wildman–Crippen LogP) is 6.05. The molecule has 3 rings (SSSR count). The number of carbonyl (C=O) groups is 1. The highest BCUT2D eigenvalue weighted by molar-refractivity contribution is 5.75. The Balaban J connectivity index is 0.00000800. The summed E-state index contributed by atoms with van der Waals surface area (Å²) in [6.07, 6.45) is -18.3. The van der Waals surface area contributed by atoms with Crippen LogP contribution >= 0.6 is 0 Å².